The van der Waals surface area contributed by atoms with Crippen LogP contribution < -0.4 is 0 Å². The molecule has 0 radical (unpaired) electrons. The van der Waals surface area contributed by atoms with E-state index < -0.39 is 11.1 Å². The summed E-state index contributed by atoms with van der Waals surface area (Å²) in [5.41, 5.74) is 1.84. The van der Waals surface area contributed by atoms with Crippen molar-refractivity contribution in [2.45, 2.75) is 4.90 Å². The van der Waals surface area contributed by atoms with Crippen molar-refractivity contribution in [1.29, 1.82) is 0 Å². The molecule has 18 heavy (non-hydrogen) atoms. The van der Waals surface area contributed by atoms with E-state index in [0.717, 1.165) is 5.56 Å². The predicted molar refractivity (Wildman–Crippen MR) is 66.3 cm³/mol. The molecule has 0 aliphatic rings. The first kappa shape index (κ1) is 11.1. The van der Waals surface area contributed by atoms with Crippen molar-refractivity contribution >= 4 is 22.2 Å². The lowest BCUT2D eigenvalue weighted by Crippen LogP contribution is -1.89. The van der Waals surface area contributed by atoms with Crippen molar-refractivity contribution in [3.8, 4) is 11.3 Å². The molecule has 1 unspecified atom stereocenters. The van der Waals surface area contributed by atoms with Gasteiger partial charge in [0.2, 0.25) is 0 Å². The maximum atomic E-state index is 11.0. The SMILES string of the molecule is O=S(O)c1cnc2onc(-c3ccccc3)c2c1. The average Bonchev–Trinajstić information content (AvgIpc) is 2.82. The van der Waals surface area contributed by atoms with Gasteiger partial charge in [-0.25, -0.2) is 9.19 Å². The molecule has 0 aliphatic carbocycles. The number of aromatic nitrogens is 2. The van der Waals surface area contributed by atoms with E-state index in [4.69, 9.17) is 9.08 Å². The summed E-state index contributed by atoms with van der Waals surface area (Å²) in [6, 6.07) is 11.0. The summed E-state index contributed by atoms with van der Waals surface area (Å²) in [5, 5.41) is 4.57. The van der Waals surface area contributed by atoms with Gasteiger partial charge in [-0.1, -0.05) is 35.5 Å². The second kappa shape index (κ2) is 4.32. The smallest absolute Gasteiger partial charge is 0.258 e. The molecule has 90 valence electrons. The number of hydrogen-bond donors (Lipinski definition) is 1. The summed E-state index contributed by atoms with van der Waals surface area (Å²) in [6.45, 7) is 0. The van der Waals surface area contributed by atoms with Crippen LogP contribution in [0.4, 0.5) is 0 Å². The zero-order valence-electron chi connectivity index (χ0n) is 9.11. The third-order valence-corrected chi connectivity index (χ3v) is 3.18. The van der Waals surface area contributed by atoms with E-state index in [9.17, 15) is 4.21 Å². The van der Waals surface area contributed by atoms with Gasteiger partial charge >= 0.3 is 0 Å². The number of fused-ring (bicyclic) bond motifs is 1. The molecule has 3 aromatic rings. The molecule has 0 amide bonds. The van der Waals surface area contributed by atoms with Crippen molar-refractivity contribution in [2.24, 2.45) is 0 Å². The molecule has 3 rings (SSSR count). The Hall–Kier alpha value is -2.05. The van der Waals surface area contributed by atoms with E-state index in [-0.39, 0.29) is 4.90 Å². The van der Waals surface area contributed by atoms with E-state index in [1.807, 2.05) is 30.3 Å². The highest BCUT2D eigenvalue weighted by atomic mass is 32.2. The van der Waals surface area contributed by atoms with Gasteiger partial charge in [0.25, 0.3) is 5.71 Å². The van der Waals surface area contributed by atoms with Gasteiger partial charge in [-0.2, -0.15) is 0 Å². The highest BCUT2D eigenvalue weighted by Crippen LogP contribution is 2.27. The third-order valence-electron chi connectivity index (χ3n) is 2.55. The molecular weight excluding hydrogens is 252 g/mol. The predicted octanol–water partition coefficient (Wildman–Crippen LogP) is 2.47. The summed E-state index contributed by atoms with van der Waals surface area (Å²) in [4.78, 5) is 4.19. The molecule has 5 nitrogen and oxygen atoms in total. The lowest BCUT2D eigenvalue weighted by atomic mass is 10.1. The number of nitrogens with zero attached hydrogens (tertiary/aromatic N) is 2. The average molecular weight is 260 g/mol. The van der Waals surface area contributed by atoms with Crippen LogP contribution in [0.15, 0.2) is 52.0 Å². The molecule has 6 heteroatoms. The second-order valence-electron chi connectivity index (χ2n) is 3.67. The molecule has 1 aromatic carbocycles. The summed E-state index contributed by atoms with van der Waals surface area (Å²) in [7, 11) is 0. The van der Waals surface area contributed by atoms with Crippen molar-refractivity contribution in [2.75, 3.05) is 0 Å². The van der Waals surface area contributed by atoms with E-state index in [1.54, 1.807) is 6.07 Å². The molecule has 0 saturated carbocycles. The van der Waals surface area contributed by atoms with Gasteiger partial charge in [-0.15, -0.1) is 0 Å². The molecule has 1 N–H and O–H groups in total. The maximum absolute atomic E-state index is 11.0. The summed E-state index contributed by atoms with van der Waals surface area (Å²) >= 11 is -2.07. The normalized spacial score (nSPS) is 12.7. The Balaban J connectivity index is 2.24. The Kier molecular flexibility index (Phi) is 2.66. The zero-order valence-corrected chi connectivity index (χ0v) is 9.92. The third kappa shape index (κ3) is 1.81. The first-order valence-electron chi connectivity index (χ1n) is 5.17. The highest BCUT2D eigenvalue weighted by molar-refractivity contribution is 7.79. The molecule has 0 bridgehead atoms. The van der Waals surface area contributed by atoms with Gasteiger partial charge < -0.3 is 9.08 Å². The molecule has 2 aromatic heterocycles. The fraction of sp³-hybridized carbons (Fsp3) is 0. The zero-order chi connectivity index (χ0) is 12.5. The summed E-state index contributed by atoms with van der Waals surface area (Å²) < 4.78 is 25.2. The minimum atomic E-state index is -2.07. The van der Waals surface area contributed by atoms with E-state index in [0.29, 0.717) is 16.8 Å². The molecule has 1 atom stereocenters. The Bertz CT molecular complexity index is 725. The van der Waals surface area contributed by atoms with Gasteiger partial charge in [0.1, 0.15) is 5.69 Å². The number of hydrogen-bond acceptors (Lipinski definition) is 4. The lowest BCUT2D eigenvalue weighted by Gasteiger charge is -1.96. The first-order chi connectivity index (χ1) is 8.75. The fourth-order valence-corrected chi connectivity index (χ4v) is 2.07. The Morgan fingerprint density at radius 3 is 2.72 bits per heavy atom. The van der Waals surface area contributed by atoms with Crippen molar-refractivity contribution in [3.63, 3.8) is 0 Å². The topological polar surface area (TPSA) is 76.2 Å². The molecule has 0 fully saturated rings. The number of pyridine rings is 1. The van der Waals surface area contributed by atoms with E-state index in [2.05, 4.69) is 10.1 Å². The Morgan fingerprint density at radius 1 is 1.22 bits per heavy atom. The van der Waals surface area contributed by atoms with Crippen LogP contribution in [-0.2, 0) is 11.1 Å². The fourth-order valence-electron chi connectivity index (χ4n) is 1.71. The van der Waals surface area contributed by atoms with Gasteiger partial charge in [0, 0.05) is 11.8 Å². The van der Waals surface area contributed by atoms with Crippen LogP contribution in [0, 0.1) is 0 Å². The number of rotatable bonds is 2. The first-order valence-corrected chi connectivity index (χ1v) is 6.28. The minimum absolute atomic E-state index is 0.225. The Labute approximate surface area is 105 Å². The van der Waals surface area contributed by atoms with Crippen molar-refractivity contribution in [3.05, 3.63) is 42.6 Å². The standard InChI is InChI=1S/C12H8N2O3S/c15-18(16)9-6-10-11(8-4-2-1-3-5-8)14-17-12(10)13-7-9/h1-7H,(H,15,16). The quantitative estimate of drug-likeness (QED) is 0.716. The van der Waals surface area contributed by atoms with Crippen LogP contribution in [0.2, 0.25) is 0 Å². The van der Waals surface area contributed by atoms with Crippen LogP contribution >= 0.6 is 0 Å². The largest absolute Gasteiger partial charge is 0.335 e. The molecular formula is C12H8N2O3S. The van der Waals surface area contributed by atoms with Gasteiger partial charge in [-0.05, 0) is 6.07 Å². The summed E-state index contributed by atoms with van der Waals surface area (Å²) in [6.07, 6.45) is 1.30. The van der Waals surface area contributed by atoms with Crippen LogP contribution in [0.1, 0.15) is 0 Å². The monoisotopic (exact) mass is 260 g/mol. The second-order valence-corrected chi connectivity index (χ2v) is 4.64. The maximum Gasteiger partial charge on any atom is 0.258 e. The van der Waals surface area contributed by atoms with Crippen LogP contribution in [0.3, 0.4) is 0 Å². The molecule has 0 spiro atoms. The van der Waals surface area contributed by atoms with E-state index >= 15 is 0 Å². The lowest BCUT2D eigenvalue weighted by molar-refractivity contribution is 0.451. The van der Waals surface area contributed by atoms with Crippen LogP contribution in [0.25, 0.3) is 22.4 Å². The van der Waals surface area contributed by atoms with Gasteiger partial charge in [0.15, 0.2) is 11.1 Å². The van der Waals surface area contributed by atoms with Crippen molar-refractivity contribution < 1.29 is 13.3 Å². The molecule has 0 aliphatic heterocycles. The van der Waals surface area contributed by atoms with Gasteiger partial charge in [0.05, 0.1) is 10.3 Å². The van der Waals surface area contributed by atoms with Crippen molar-refractivity contribution in [1.82, 2.24) is 10.1 Å². The van der Waals surface area contributed by atoms with Gasteiger partial charge in [-0.3, -0.25) is 0 Å². The number of benzene rings is 1. The Morgan fingerprint density at radius 2 is 2.00 bits per heavy atom. The minimum Gasteiger partial charge on any atom is -0.335 e. The summed E-state index contributed by atoms with van der Waals surface area (Å²) in [5.74, 6) is 0. The van der Waals surface area contributed by atoms with E-state index in [1.165, 1.54) is 6.20 Å². The van der Waals surface area contributed by atoms with Crippen LogP contribution in [-0.4, -0.2) is 18.9 Å². The highest BCUT2D eigenvalue weighted by Gasteiger charge is 2.13. The molecule has 0 saturated heterocycles. The van der Waals surface area contributed by atoms with Crippen LogP contribution in [0.5, 0.6) is 0 Å². The molecule has 2 heterocycles.